The highest BCUT2D eigenvalue weighted by atomic mass is 16.1. The number of hydrogen-bond donors (Lipinski definition) is 0. The van der Waals surface area contributed by atoms with Crippen molar-refractivity contribution in [2.45, 2.75) is 0 Å². The molecule has 1 nitrogen and oxygen atoms in total. The maximum Gasteiger partial charge on any atom is 0.225 e. The average Bonchev–Trinajstić information content (AvgIpc) is 2.25. The largest absolute Gasteiger partial charge is 0.286 e. The van der Waals surface area contributed by atoms with Crippen LogP contribution in [0, 0.1) is 0 Å². The van der Waals surface area contributed by atoms with Crippen molar-refractivity contribution in [3.63, 3.8) is 0 Å². The molecule has 1 heteroatoms. The van der Waals surface area contributed by atoms with Gasteiger partial charge in [0.2, 0.25) is 6.29 Å². The molecule has 1 radical (unpaired) electrons. The molecule has 0 unspecified atom stereocenters. The molecule has 0 saturated heterocycles. The lowest BCUT2D eigenvalue weighted by molar-refractivity contribution is 0.564. The molecule has 0 aliphatic carbocycles. The molecule has 0 bridgehead atoms. The van der Waals surface area contributed by atoms with Crippen LogP contribution in [-0.4, -0.2) is 6.29 Å². The van der Waals surface area contributed by atoms with Crippen LogP contribution in [0.5, 0.6) is 0 Å². The summed E-state index contributed by atoms with van der Waals surface area (Å²) in [5.74, 6) is 0. The first-order valence-electron chi connectivity index (χ1n) is 4.36. The maximum absolute atomic E-state index is 9.80. The van der Waals surface area contributed by atoms with Gasteiger partial charge in [0.15, 0.2) is 0 Å². The van der Waals surface area contributed by atoms with Crippen LogP contribution in [0.3, 0.4) is 0 Å². The van der Waals surface area contributed by atoms with Crippen LogP contribution in [0.25, 0.3) is 6.08 Å². The van der Waals surface area contributed by atoms with Crippen LogP contribution in [0.4, 0.5) is 0 Å². The number of benzene rings is 1. The molecule has 0 atom stereocenters. The molecule has 0 spiro atoms. The minimum absolute atomic E-state index is 1.16. The predicted octanol–water partition coefficient (Wildman–Crippen LogP) is 2.92. The summed E-state index contributed by atoms with van der Waals surface area (Å²) in [6.45, 7) is 0. The van der Waals surface area contributed by atoms with Crippen molar-refractivity contribution in [2.75, 3.05) is 0 Å². The van der Waals surface area contributed by atoms with Gasteiger partial charge < -0.3 is 0 Å². The molecule has 0 aromatic heterocycles. The molecular weight excluding hydrogens is 172 g/mol. The first kappa shape index (κ1) is 10.2. The molecular formula is C13H11O. The number of carbonyl (C=O) groups excluding carboxylic acids is 1. The van der Waals surface area contributed by atoms with E-state index in [1.165, 1.54) is 6.08 Å². The van der Waals surface area contributed by atoms with Crippen molar-refractivity contribution < 1.29 is 4.79 Å². The van der Waals surface area contributed by atoms with E-state index < -0.39 is 0 Å². The Hall–Kier alpha value is -1.89. The summed E-state index contributed by atoms with van der Waals surface area (Å²) >= 11 is 0. The Labute approximate surface area is 84.1 Å². The van der Waals surface area contributed by atoms with Gasteiger partial charge in [-0.2, -0.15) is 0 Å². The van der Waals surface area contributed by atoms with Gasteiger partial charge in [-0.3, -0.25) is 4.79 Å². The fourth-order valence-corrected chi connectivity index (χ4v) is 0.954. The summed E-state index contributed by atoms with van der Waals surface area (Å²) in [6.07, 6.45) is 12.2. The quantitative estimate of drug-likeness (QED) is 0.518. The van der Waals surface area contributed by atoms with Gasteiger partial charge in [-0.25, -0.2) is 0 Å². The van der Waals surface area contributed by atoms with Crippen LogP contribution in [0.2, 0.25) is 0 Å². The smallest absolute Gasteiger partial charge is 0.225 e. The van der Waals surface area contributed by atoms with Gasteiger partial charge in [0.1, 0.15) is 0 Å². The van der Waals surface area contributed by atoms with E-state index >= 15 is 0 Å². The zero-order valence-electron chi connectivity index (χ0n) is 7.76. The Balaban J connectivity index is 2.45. The molecule has 69 valence electrons. The summed E-state index contributed by atoms with van der Waals surface area (Å²) in [5, 5.41) is 0. The van der Waals surface area contributed by atoms with Crippen molar-refractivity contribution in [3.8, 4) is 0 Å². The molecule has 0 aliphatic heterocycles. The Morgan fingerprint density at radius 1 is 0.929 bits per heavy atom. The topological polar surface area (TPSA) is 17.1 Å². The van der Waals surface area contributed by atoms with Crippen LogP contribution in [0.15, 0.2) is 60.7 Å². The van der Waals surface area contributed by atoms with Crippen molar-refractivity contribution >= 4 is 12.4 Å². The summed E-state index contributed by atoms with van der Waals surface area (Å²) in [4.78, 5) is 9.80. The first-order chi connectivity index (χ1) is 6.93. The van der Waals surface area contributed by atoms with Gasteiger partial charge in [-0.1, -0.05) is 60.7 Å². The summed E-state index contributed by atoms with van der Waals surface area (Å²) < 4.78 is 0. The second kappa shape index (κ2) is 6.61. The van der Waals surface area contributed by atoms with E-state index in [-0.39, 0.29) is 0 Å². The van der Waals surface area contributed by atoms with Crippen LogP contribution in [0.1, 0.15) is 5.56 Å². The van der Waals surface area contributed by atoms with Gasteiger partial charge in [0, 0.05) is 0 Å². The number of rotatable bonds is 4. The minimum Gasteiger partial charge on any atom is -0.286 e. The Morgan fingerprint density at radius 3 is 2.36 bits per heavy atom. The van der Waals surface area contributed by atoms with Crippen LogP contribution < -0.4 is 0 Å². The van der Waals surface area contributed by atoms with Gasteiger partial charge in [-0.15, -0.1) is 0 Å². The lowest BCUT2D eigenvalue weighted by Gasteiger charge is -1.87. The molecule has 1 aromatic rings. The fourth-order valence-electron chi connectivity index (χ4n) is 0.954. The van der Waals surface area contributed by atoms with Crippen LogP contribution in [-0.2, 0) is 4.79 Å². The van der Waals surface area contributed by atoms with Gasteiger partial charge in [0.25, 0.3) is 0 Å². The second-order valence-corrected chi connectivity index (χ2v) is 2.63. The van der Waals surface area contributed by atoms with E-state index in [0.29, 0.717) is 0 Å². The van der Waals surface area contributed by atoms with E-state index in [4.69, 9.17) is 0 Å². The third kappa shape index (κ3) is 4.21. The maximum atomic E-state index is 9.80. The van der Waals surface area contributed by atoms with E-state index in [9.17, 15) is 4.79 Å². The van der Waals surface area contributed by atoms with Gasteiger partial charge in [-0.05, 0) is 11.6 Å². The standard InChI is InChI=1S/C13H11O/c14-12-8-3-1-2-5-9-13-10-6-4-7-11-13/h1-11H/b2-1+,8-3+,9-5+. The molecule has 0 amide bonds. The highest BCUT2D eigenvalue weighted by molar-refractivity contribution is 5.66. The average molecular weight is 183 g/mol. The van der Waals surface area contributed by atoms with E-state index in [1.54, 1.807) is 18.4 Å². The van der Waals surface area contributed by atoms with Crippen molar-refractivity contribution in [2.24, 2.45) is 0 Å². The van der Waals surface area contributed by atoms with E-state index in [1.807, 2.05) is 48.6 Å². The highest BCUT2D eigenvalue weighted by Crippen LogP contribution is 2.00. The zero-order chi connectivity index (χ0) is 10.1. The van der Waals surface area contributed by atoms with Crippen molar-refractivity contribution in [1.29, 1.82) is 0 Å². The lowest BCUT2D eigenvalue weighted by Crippen LogP contribution is -1.66. The summed E-state index contributed by atoms with van der Waals surface area (Å²) in [7, 11) is 0. The minimum atomic E-state index is 1.16. The third-order valence-electron chi connectivity index (χ3n) is 1.59. The Kier molecular flexibility index (Phi) is 4.81. The predicted molar refractivity (Wildman–Crippen MR) is 59.4 cm³/mol. The Bertz CT molecular complexity index is 345. The zero-order valence-corrected chi connectivity index (χ0v) is 7.76. The van der Waals surface area contributed by atoms with Crippen molar-refractivity contribution in [1.82, 2.24) is 0 Å². The lowest BCUT2D eigenvalue weighted by atomic mass is 10.2. The molecule has 1 aromatic carbocycles. The van der Waals surface area contributed by atoms with E-state index in [0.717, 1.165) is 5.56 Å². The Morgan fingerprint density at radius 2 is 1.64 bits per heavy atom. The van der Waals surface area contributed by atoms with Gasteiger partial charge in [0.05, 0.1) is 0 Å². The van der Waals surface area contributed by atoms with Gasteiger partial charge >= 0.3 is 0 Å². The van der Waals surface area contributed by atoms with E-state index in [2.05, 4.69) is 0 Å². The molecule has 14 heavy (non-hydrogen) atoms. The molecule has 0 saturated carbocycles. The molecule has 0 heterocycles. The first-order valence-corrected chi connectivity index (χ1v) is 4.36. The summed E-state index contributed by atoms with van der Waals surface area (Å²) in [5.41, 5.74) is 1.16. The monoisotopic (exact) mass is 183 g/mol. The van der Waals surface area contributed by atoms with Crippen molar-refractivity contribution in [3.05, 3.63) is 66.3 Å². The third-order valence-corrected chi connectivity index (χ3v) is 1.59. The SMILES string of the molecule is O=[C]/C=C/C=C/C=C/c1ccccc1. The molecule has 0 aliphatic rings. The molecule has 1 rings (SSSR count). The number of allylic oxidation sites excluding steroid dienone is 5. The normalized spacial score (nSPS) is 11.7. The number of hydrogen-bond acceptors (Lipinski definition) is 1. The summed E-state index contributed by atoms with van der Waals surface area (Å²) in [6, 6.07) is 10.0. The fraction of sp³-hybridized carbons (Fsp3) is 0. The second-order valence-electron chi connectivity index (χ2n) is 2.63. The molecule has 0 fully saturated rings. The molecule has 0 N–H and O–H groups in total. The van der Waals surface area contributed by atoms with Crippen LogP contribution >= 0.6 is 0 Å². The highest BCUT2D eigenvalue weighted by Gasteiger charge is 1.78.